The van der Waals surface area contributed by atoms with Gasteiger partial charge in [-0.05, 0) is 43.5 Å². The van der Waals surface area contributed by atoms with Crippen LogP contribution in [0.4, 0.5) is 5.69 Å². The molecular weight excluding hydrogens is 292 g/mol. The number of furan rings is 1. The number of anilines is 1. The Hall–Kier alpha value is -2.56. The Morgan fingerprint density at radius 3 is 2.91 bits per heavy atom. The predicted octanol–water partition coefficient (Wildman–Crippen LogP) is 3.08. The van der Waals surface area contributed by atoms with Gasteiger partial charge in [-0.2, -0.15) is 0 Å². The molecule has 0 bridgehead atoms. The summed E-state index contributed by atoms with van der Waals surface area (Å²) < 4.78 is 4.96. The molecule has 3 rings (SSSR count). The van der Waals surface area contributed by atoms with E-state index >= 15 is 0 Å². The van der Waals surface area contributed by atoms with Gasteiger partial charge < -0.3 is 14.6 Å². The second-order valence-electron chi connectivity index (χ2n) is 5.96. The number of amides is 2. The minimum atomic E-state index is -0.180. The first kappa shape index (κ1) is 15.3. The van der Waals surface area contributed by atoms with Crippen LogP contribution in [0.5, 0.6) is 0 Å². The molecule has 1 aromatic heterocycles. The molecule has 2 aromatic rings. The number of carbonyl (C=O) groups is 2. The molecule has 2 amide bonds. The predicted molar refractivity (Wildman–Crippen MR) is 87.1 cm³/mol. The Labute approximate surface area is 135 Å². The van der Waals surface area contributed by atoms with Crippen LogP contribution in [0.2, 0.25) is 0 Å². The lowest BCUT2D eigenvalue weighted by Crippen LogP contribution is -2.43. The van der Waals surface area contributed by atoms with Crippen LogP contribution in [0.3, 0.4) is 0 Å². The summed E-state index contributed by atoms with van der Waals surface area (Å²) in [5, 5.41) is 2.95. The minimum Gasteiger partial charge on any atom is -0.472 e. The number of hydrogen-bond acceptors (Lipinski definition) is 3. The molecule has 0 radical (unpaired) electrons. The molecule has 5 heteroatoms. The lowest BCUT2D eigenvalue weighted by atomic mass is 9.96. The highest BCUT2D eigenvalue weighted by molar-refractivity contribution is 5.96. The van der Waals surface area contributed by atoms with Crippen LogP contribution in [0.25, 0.3) is 0 Å². The van der Waals surface area contributed by atoms with Gasteiger partial charge in [0.25, 0.3) is 5.91 Å². The van der Waals surface area contributed by atoms with E-state index in [9.17, 15) is 9.59 Å². The number of carbonyl (C=O) groups excluding carboxylic acids is 2. The molecule has 5 nitrogen and oxygen atoms in total. The van der Waals surface area contributed by atoms with Crippen LogP contribution in [0.1, 0.15) is 28.8 Å². The third-order valence-corrected chi connectivity index (χ3v) is 4.13. The van der Waals surface area contributed by atoms with Crippen LogP contribution >= 0.6 is 0 Å². The van der Waals surface area contributed by atoms with Crippen molar-refractivity contribution in [3.05, 3.63) is 54.0 Å². The van der Waals surface area contributed by atoms with Crippen molar-refractivity contribution >= 4 is 17.5 Å². The van der Waals surface area contributed by atoms with E-state index in [4.69, 9.17) is 4.42 Å². The fourth-order valence-corrected chi connectivity index (χ4v) is 2.91. The molecule has 0 aliphatic carbocycles. The van der Waals surface area contributed by atoms with Gasteiger partial charge in [-0.25, -0.2) is 0 Å². The summed E-state index contributed by atoms with van der Waals surface area (Å²) in [7, 11) is 0. The molecule has 1 aromatic carbocycles. The van der Waals surface area contributed by atoms with Gasteiger partial charge in [-0.15, -0.1) is 0 Å². The van der Waals surface area contributed by atoms with Gasteiger partial charge in [0, 0.05) is 18.8 Å². The number of nitrogens with one attached hydrogen (secondary N) is 1. The van der Waals surface area contributed by atoms with E-state index in [-0.39, 0.29) is 17.7 Å². The third kappa shape index (κ3) is 3.62. The zero-order chi connectivity index (χ0) is 16.2. The third-order valence-electron chi connectivity index (χ3n) is 4.13. The summed E-state index contributed by atoms with van der Waals surface area (Å²) >= 11 is 0. The van der Waals surface area contributed by atoms with Gasteiger partial charge in [-0.1, -0.05) is 12.1 Å². The maximum atomic E-state index is 12.5. The largest absolute Gasteiger partial charge is 0.472 e. The molecule has 120 valence electrons. The molecule has 23 heavy (non-hydrogen) atoms. The van der Waals surface area contributed by atoms with Crippen LogP contribution in [0.15, 0.2) is 47.3 Å². The lowest BCUT2D eigenvalue weighted by molar-refractivity contribution is -0.121. The smallest absolute Gasteiger partial charge is 0.257 e. The number of benzene rings is 1. The van der Waals surface area contributed by atoms with E-state index in [2.05, 4.69) is 5.32 Å². The highest BCUT2D eigenvalue weighted by Gasteiger charge is 2.29. The number of likely N-dealkylation sites (tertiary alicyclic amines) is 1. The van der Waals surface area contributed by atoms with Gasteiger partial charge in [-0.3, -0.25) is 9.59 Å². The average Bonchev–Trinajstić information content (AvgIpc) is 3.09. The van der Waals surface area contributed by atoms with Crippen molar-refractivity contribution in [1.82, 2.24) is 4.90 Å². The highest BCUT2D eigenvalue weighted by atomic mass is 16.3. The number of aryl methyl sites for hydroxylation is 1. The van der Waals surface area contributed by atoms with E-state index in [1.54, 1.807) is 11.0 Å². The fourth-order valence-electron chi connectivity index (χ4n) is 2.91. The van der Waals surface area contributed by atoms with Gasteiger partial charge in [0.15, 0.2) is 0 Å². The fraction of sp³-hybridized carbons (Fsp3) is 0.333. The first-order valence-electron chi connectivity index (χ1n) is 7.82. The van der Waals surface area contributed by atoms with Crippen molar-refractivity contribution in [3.63, 3.8) is 0 Å². The summed E-state index contributed by atoms with van der Waals surface area (Å²) in [5.41, 5.74) is 2.43. The Bertz CT molecular complexity index is 694. The molecule has 1 aliphatic heterocycles. The number of rotatable bonds is 3. The topological polar surface area (TPSA) is 62.6 Å². The molecule has 1 aliphatic rings. The van der Waals surface area contributed by atoms with Crippen LogP contribution in [-0.2, 0) is 4.79 Å². The quantitative estimate of drug-likeness (QED) is 0.947. The normalized spacial score (nSPS) is 17.8. The first-order valence-corrected chi connectivity index (χ1v) is 7.82. The monoisotopic (exact) mass is 312 g/mol. The second kappa shape index (κ2) is 6.69. The van der Waals surface area contributed by atoms with Crippen molar-refractivity contribution in [2.24, 2.45) is 5.92 Å². The number of nitrogens with zero attached hydrogens (tertiary/aromatic N) is 1. The van der Waals surface area contributed by atoms with E-state index in [0.717, 1.165) is 24.1 Å². The van der Waals surface area contributed by atoms with E-state index in [0.29, 0.717) is 18.7 Å². The van der Waals surface area contributed by atoms with E-state index < -0.39 is 0 Å². The molecule has 2 heterocycles. The number of piperidine rings is 1. The standard InChI is InChI=1S/C18H20N2O3/c1-13-4-2-6-16(10-13)19-17(21)14-5-3-8-20(11-14)18(22)15-7-9-23-12-15/h2,4,6-7,9-10,12,14H,3,5,8,11H2,1H3,(H,19,21). The first-order chi connectivity index (χ1) is 11.1. The molecule has 1 fully saturated rings. The maximum Gasteiger partial charge on any atom is 0.257 e. The molecule has 0 spiro atoms. The van der Waals surface area contributed by atoms with E-state index in [1.165, 1.54) is 12.5 Å². The molecule has 1 saturated heterocycles. The summed E-state index contributed by atoms with van der Waals surface area (Å²) in [6.45, 7) is 3.11. The van der Waals surface area contributed by atoms with Gasteiger partial charge in [0.2, 0.25) is 5.91 Å². The summed E-state index contributed by atoms with van der Waals surface area (Å²) in [6, 6.07) is 9.37. The SMILES string of the molecule is Cc1cccc(NC(=O)C2CCCN(C(=O)c3ccoc3)C2)c1. The van der Waals surface area contributed by atoms with Crippen molar-refractivity contribution in [1.29, 1.82) is 0 Å². The molecule has 1 atom stereocenters. The minimum absolute atomic E-state index is 0.0275. The van der Waals surface area contributed by atoms with Crippen molar-refractivity contribution in [2.75, 3.05) is 18.4 Å². The highest BCUT2D eigenvalue weighted by Crippen LogP contribution is 2.21. The lowest BCUT2D eigenvalue weighted by Gasteiger charge is -2.31. The van der Waals surface area contributed by atoms with Gasteiger partial charge in [0.05, 0.1) is 17.7 Å². The van der Waals surface area contributed by atoms with Crippen molar-refractivity contribution in [2.45, 2.75) is 19.8 Å². The zero-order valence-corrected chi connectivity index (χ0v) is 13.1. The van der Waals surface area contributed by atoms with Crippen LogP contribution < -0.4 is 5.32 Å². The Kier molecular flexibility index (Phi) is 4.46. The van der Waals surface area contributed by atoms with Crippen LogP contribution in [-0.4, -0.2) is 29.8 Å². The van der Waals surface area contributed by atoms with Crippen LogP contribution in [0, 0.1) is 12.8 Å². The van der Waals surface area contributed by atoms with Crippen molar-refractivity contribution in [3.8, 4) is 0 Å². The molecule has 1 N–H and O–H groups in total. The maximum absolute atomic E-state index is 12.5. The second-order valence-corrected chi connectivity index (χ2v) is 5.96. The Balaban J connectivity index is 1.64. The van der Waals surface area contributed by atoms with E-state index in [1.807, 2.05) is 31.2 Å². The molecular formula is C18H20N2O3. The molecule has 1 unspecified atom stereocenters. The van der Waals surface area contributed by atoms with Gasteiger partial charge in [0.1, 0.15) is 6.26 Å². The summed E-state index contributed by atoms with van der Waals surface area (Å²) in [5.74, 6) is -0.285. The van der Waals surface area contributed by atoms with Crippen molar-refractivity contribution < 1.29 is 14.0 Å². The molecule has 0 saturated carbocycles. The summed E-state index contributed by atoms with van der Waals surface area (Å²) in [6.07, 6.45) is 4.56. The number of hydrogen-bond donors (Lipinski definition) is 1. The zero-order valence-electron chi connectivity index (χ0n) is 13.1. The summed E-state index contributed by atoms with van der Waals surface area (Å²) in [4.78, 5) is 26.6. The Morgan fingerprint density at radius 2 is 2.17 bits per heavy atom. The van der Waals surface area contributed by atoms with Gasteiger partial charge >= 0.3 is 0 Å². The average molecular weight is 312 g/mol. The Morgan fingerprint density at radius 1 is 1.30 bits per heavy atom.